The summed E-state index contributed by atoms with van der Waals surface area (Å²) >= 11 is 0. The van der Waals surface area contributed by atoms with E-state index in [1.54, 1.807) is 12.3 Å². The third-order valence-electron chi connectivity index (χ3n) is 4.52. The van der Waals surface area contributed by atoms with E-state index in [1.807, 2.05) is 24.7 Å². The minimum atomic E-state index is -3.58. The molecule has 0 saturated heterocycles. The topological polar surface area (TPSA) is 112 Å². The number of hydrogen-bond acceptors (Lipinski definition) is 7. The zero-order valence-corrected chi connectivity index (χ0v) is 17.2. The molecule has 10 heteroatoms. The molecule has 0 saturated carbocycles. The summed E-state index contributed by atoms with van der Waals surface area (Å²) in [5.41, 5.74) is 1.80. The summed E-state index contributed by atoms with van der Waals surface area (Å²) in [4.78, 5) is 20.1. The zero-order valence-electron chi connectivity index (χ0n) is 16.4. The molecular weight excluding hydrogens is 396 g/mol. The van der Waals surface area contributed by atoms with Gasteiger partial charge < -0.3 is 19.4 Å². The largest absolute Gasteiger partial charge is 0.484 e. The second-order valence-electron chi connectivity index (χ2n) is 7.07. The number of ether oxygens (including phenoxy) is 2. The number of fused-ring (bicyclic) bond motifs is 2. The van der Waals surface area contributed by atoms with Gasteiger partial charge in [0.15, 0.2) is 26.4 Å². The predicted octanol–water partition coefficient (Wildman–Crippen LogP) is 2.16. The Balaban J connectivity index is 2.00. The van der Waals surface area contributed by atoms with Crippen LogP contribution in [-0.2, 0) is 21.7 Å². The molecule has 29 heavy (non-hydrogen) atoms. The Kier molecular flexibility index (Phi) is 4.45. The van der Waals surface area contributed by atoms with Crippen LogP contribution >= 0.6 is 0 Å². The van der Waals surface area contributed by atoms with Gasteiger partial charge in [0.2, 0.25) is 5.91 Å². The van der Waals surface area contributed by atoms with Crippen LogP contribution in [0.25, 0.3) is 22.2 Å². The van der Waals surface area contributed by atoms with Crippen LogP contribution in [0, 0.1) is 0 Å². The van der Waals surface area contributed by atoms with E-state index in [0.29, 0.717) is 35.2 Å². The summed E-state index contributed by atoms with van der Waals surface area (Å²) in [6.07, 6.45) is 4.34. The number of aromatic nitrogens is 3. The molecule has 4 heterocycles. The zero-order chi connectivity index (χ0) is 20.9. The van der Waals surface area contributed by atoms with Crippen LogP contribution in [0.3, 0.4) is 0 Å². The lowest BCUT2D eigenvalue weighted by molar-refractivity contribution is -0.114. The first kappa shape index (κ1) is 19.2. The van der Waals surface area contributed by atoms with Gasteiger partial charge in [0.1, 0.15) is 24.2 Å². The van der Waals surface area contributed by atoms with E-state index in [2.05, 4.69) is 15.3 Å². The Morgan fingerprint density at radius 3 is 2.79 bits per heavy atom. The van der Waals surface area contributed by atoms with Gasteiger partial charge in [-0.15, -0.1) is 0 Å². The van der Waals surface area contributed by atoms with Gasteiger partial charge in [-0.05, 0) is 13.0 Å². The minimum Gasteiger partial charge on any atom is -0.484 e. The molecule has 1 N–H and O–H groups in total. The molecule has 0 bridgehead atoms. The molecule has 1 aliphatic heterocycles. The second kappa shape index (κ2) is 6.73. The predicted molar refractivity (Wildman–Crippen MR) is 107 cm³/mol. The van der Waals surface area contributed by atoms with E-state index in [-0.39, 0.29) is 17.0 Å². The van der Waals surface area contributed by atoms with Crippen molar-refractivity contribution in [1.82, 2.24) is 14.5 Å². The molecule has 9 nitrogen and oxygen atoms in total. The van der Waals surface area contributed by atoms with Gasteiger partial charge in [-0.2, -0.15) is 0 Å². The van der Waals surface area contributed by atoms with Gasteiger partial charge in [-0.1, -0.05) is 0 Å². The smallest absolute Gasteiger partial charge is 0.222 e. The summed E-state index contributed by atoms with van der Waals surface area (Å²) in [5, 5.41) is 3.30. The van der Waals surface area contributed by atoms with Crippen LogP contribution in [0.15, 0.2) is 29.6 Å². The van der Waals surface area contributed by atoms with Crippen molar-refractivity contribution < 1.29 is 22.7 Å². The molecule has 3 aromatic heterocycles. The Morgan fingerprint density at radius 2 is 2.10 bits per heavy atom. The molecule has 1 atom stereocenters. The van der Waals surface area contributed by atoms with Crippen molar-refractivity contribution in [1.29, 1.82) is 0 Å². The molecule has 0 aliphatic carbocycles. The van der Waals surface area contributed by atoms with E-state index >= 15 is 0 Å². The number of amides is 1. The molecule has 152 valence electrons. The average Bonchev–Trinajstić information content (AvgIpc) is 2.95. The second-order valence-corrected chi connectivity index (χ2v) is 9.03. The van der Waals surface area contributed by atoms with Crippen molar-refractivity contribution in [3.05, 3.63) is 24.5 Å². The van der Waals surface area contributed by atoms with Crippen molar-refractivity contribution in [2.24, 2.45) is 7.05 Å². The number of carbonyl (C=O) groups is 1. The number of aryl methyl sites for hydroxylation is 1. The summed E-state index contributed by atoms with van der Waals surface area (Å²) in [6, 6.07) is 3.11. The lowest BCUT2D eigenvalue weighted by Crippen LogP contribution is -2.26. The number of pyridine rings is 2. The average molecular weight is 416 g/mol. The Hall–Kier alpha value is -3.14. The number of anilines is 1. The maximum Gasteiger partial charge on any atom is 0.222 e. The maximum absolute atomic E-state index is 12.2. The lowest BCUT2D eigenvalue weighted by Gasteiger charge is -2.25. The van der Waals surface area contributed by atoms with E-state index in [1.165, 1.54) is 13.0 Å². The summed E-state index contributed by atoms with van der Waals surface area (Å²) < 4.78 is 37.9. The molecule has 0 aromatic carbocycles. The molecule has 1 aliphatic rings. The Bertz CT molecular complexity index is 1250. The fourth-order valence-corrected chi connectivity index (χ4v) is 3.83. The van der Waals surface area contributed by atoms with Crippen molar-refractivity contribution in [3.63, 3.8) is 0 Å². The van der Waals surface area contributed by atoms with E-state index in [4.69, 9.17) is 9.47 Å². The van der Waals surface area contributed by atoms with Crippen molar-refractivity contribution in [2.45, 2.75) is 25.0 Å². The minimum absolute atomic E-state index is 0.0999. The highest BCUT2D eigenvalue weighted by molar-refractivity contribution is 7.90. The number of hydrogen-bond donors (Lipinski definition) is 1. The molecule has 4 rings (SSSR count). The number of nitrogens with one attached hydrogen (secondary N) is 1. The van der Waals surface area contributed by atoms with Crippen molar-refractivity contribution in [2.75, 3.05) is 18.2 Å². The highest BCUT2D eigenvalue weighted by atomic mass is 32.2. The molecule has 0 spiro atoms. The van der Waals surface area contributed by atoms with Crippen molar-refractivity contribution in [3.8, 4) is 22.8 Å². The number of carbonyl (C=O) groups excluding carboxylic acids is 1. The van der Waals surface area contributed by atoms with Crippen molar-refractivity contribution >= 4 is 32.5 Å². The molecule has 1 amide bonds. The maximum atomic E-state index is 12.2. The number of nitrogens with zero attached hydrogens (tertiary/aromatic N) is 3. The van der Waals surface area contributed by atoms with E-state index < -0.39 is 9.84 Å². The molecule has 0 fully saturated rings. The Morgan fingerprint density at radius 1 is 1.34 bits per heavy atom. The van der Waals surface area contributed by atoms with Crippen LogP contribution in [-0.4, -0.2) is 47.8 Å². The number of sulfone groups is 1. The highest BCUT2D eigenvalue weighted by Gasteiger charge is 2.28. The summed E-state index contributed by atoms with van der Waals surface area (Å²) in [6.45, 7) is 3.56. The first-order valence-corrected chi connectivity index (χ1v) is 10.8. The van der Waals surface area contributed by atoms with Crippen LogP contribution in [0.4, 0.5) is 5.82 Å². The summed E-state index contributed by atoms with van der Waals surface area (Å²) in [7, 11) is -1.73. The molecule has 0 unspecified atom stereocenters. The molecule has 0 radical (unpaired) electrons. The van der Waals surface area contributed by atoms with E-state index in [0.717, 1.165) is 17.2 Å². The summed E-state index contributed by atoms with van der Waals surface area (Å²) in [5.74, 6) is 0.870. The van der Waals surface area contributed by atoms with Gasteiger partial charge in [-0.3, -0.25) is 4.79 Å². The van der Waals surface area contributed by atoms with Gasteiger partial charge in [0.05, 0.1) is 11.7 Å². The van der Waals surface area contributed by atoms with Gasteiger partial charge in [0.25, 0.3) is 0 Å². The number of rotatable bonds is 3. The quantitative estimate of drug-likeness (QED) is 0.696. The third kappa shape index (κ3) is 3.51. The van der Waals surface area contributed by atoms with Gasteiger partial charge in [-0.25, -0.2) is 18.4 Å². The standard InChI is InChI=1S/C19H20N4O5S/c1-10-9-27-19-15(28-10)6-17(29(4,25)26)22-18(19)13-8-23(3)14-7-20-16(5-12(13)14)21-11(2)24/h5-8,10H,9H2,1-4H3,(H,20,21,24)/t10-/m1/s1. The van der Waals surface area contributed by atoms with Crippen LogP contribution in [0.5, 0.6) is 11.5 Å². The first-order chi connectivity index (χ1) is 13.6. The molecular formula is C19H20N4O5S. The third-order valence-corrected chi connectivity index (χ3v) is 5.49. The first-order valence-electron chi connectivity index (χ1n) is 8.91. The van der Waals surface area contributed by atoms with E-state index in [9.17, 15) is 13.2 Å². The highest BCUT2D eigenvalue weighted by Crippen LogP contribution is 2.43. The molecule has 3 aromatic rings. The van der Waals surface area contributed by atoms with Gasteiger partial charge in [0, 0.05) is 43.4 Å². The normalized spacial score (nSPS) is 16.1. The van der Waals surface area contributed by atoms with Gasteiger partial charge >= 0.3 is 0 Å². The van der Waals surface area contributed by atoms with Crippen LogP contribution in [0.1, 0.15) is 13.8 Å². The monoisotopic (exact) mass is 416 g/mol. The fraction of sp³-hybridized carbons (Fsp3) is 0.316. The Labute approximate surface area is 167 Å². The van der Waals surface area contributed by atoms with Crippen LogP contribution < -0.4 is 14.8 Å². The lowest BCUT2D eigenvalue weighted by atomic mass is 10.1. The SMILES string of the molecule is CC(=O)Nc1cc2c(-c3nc(S(C)(=O)=O)cc4c3OC[C@@H](C)O4)cn(C)c2cn1. The fourth-order valence-electron chi connectivity index (χ4n) is 3.25. The van der Waals surface area contributed by atoms with Crippen LogP contribution in [0.2, 0.25) is 0 Å².